The second-order valence-corrected chi connectivity index (χ2v) is 4.81. The largest absolute Gasteiger partial charge is 0.437 e. The molecule has 1 aromatic rings. The quantitative estimate of drug-likeness (QED) is 0.499. The lowest BCUT2D eigenvalue weighted by Gasteiger charge is -2.36. The molecule has 0 aromatic heterocycles. The van der Waals surface area contributed by atoms with Crippen LogP contribution in [0.5, 0.6) is 0 Å². The zero-order valence-electron chi connectivity index (χ0n) is 10.1. The van der Waals surface area contributed by atoms with Crippen LogP contribution in [-0.2, 0) is 11.2 Å². The van der Waals surface area contributed by atoms with Crippen LogP contribution in [0.2, 0.25) is 11.8 Å². The minimum absolute atomic E-state index is 0.334. The molecule has 1 heterocycles. The van der Waals surface area contributed by atoms with Crippen molar-refractivity contribution >= 4 is 24.4 Å². The van der Waals surface area contributed by atoms with E-state index in [-0.39, 0.29) is 5.78 Å². The van der Waals surface area contributed by atoms with Gasteiger partial charge in [0, 0.05) is 5.02 Å². The van der Waals surface area contributed by atoms with E-state index < -0.39 is 13.1 Å². The maximum absolute atomic E-state index is 11.9. The summed E-state index contributed by atoms with van der Waals surface area (Å²) in [7, 11) is -0.712. The molecule has 1 atom stereocenters. The number of ketones is 1. The van der Waals surface area contributed by atoms with Crippen LogP contribution in [0.4, 0.5) is 0 Å². The molecule has 1 aliphatic rings. The van der Waals surface area contributed by atoms with Crippen molar-refractivity contribution in [3.05, 3.63) is 34.3 Å². The third-order valence-corrected chi connectivity index (χ3v) is 3.48. The van der Waals surface area contributed by atoms with Gasteiger partial charge in [0.1, 0.15) is 0 Å². The summed E-state index contributed by atoms with van der Waals surface area (Å²) in [5, 5.41) is 10.4. The Kier molecular flexibility index (Phi) is 3.77. The molecule has 0 radical (unpaired) electrons. The molecule has 0 saturated heterocycles. The normalized spacial score (nSPS) is 18.9. The number of rotatable bonds is 2. The fourth-order valence-electron chi connectivity index (χ4n) is 2.39. The number of hydrogen-bond donors (Lipinski definition) is 1. The lowest BCUT2D eigenvalue weighted by molar-refractivity contribution is -0.118. The van der Waals surface area contributed by atoms with Crippen LogP contribution in [0.3, 0.4) is 0 Å². The third kappa shape index (κ3) is 2.30. The van der Waals surface area contributed by atoms with Gasteiger partial charge in [-0.2, -0.15) is 0 Å². The second kappa shape index (κ2) is 5.15. The number of nitrogens with zero attached hydrogens (tertiary/aromatic N) is 1. The average molecular weight is 262 g/mol. The zero-order valence-corrected chi connectivity index (χ0v) is 10.8. The molecule has 0 fully saturated rings. The standard InChI is InChI=1S/C13H13BClNO2/c1-3-12(17)13-11-5-4-10(15)8-9(11)6-7-16(13)14(2)18/h1,4-5,8,13,18H,6-7H2,2H3. The molecule has 0 spiro atoms. The van der Waals surface area contributed by atoms with Crippen LogP contribution >= 0.6 is 11.6 Å². The number of hydrogen-bond acceptors (Lipinski definition) is 3. The molecule has 5 heteroatoms. The highest BCUT2D eigenvalue weighted by molar-refractivity contribution is 6.46. The molecule has 2 rings (SSSR count). The second-order valence-electron chi connectivity index (χ2n) is 4.37. The minimum atomic E-state index is -0.712. The predicted octanol–water partition coefficient (Wildman–Crippen LogP) is 1.55. The Morgan fingerprint density at radius 3 is 3.00 bits per heavy atom. The fourth-order valence-corrected chi connectivity index (χ4v) is 2.58. The van der Waals surface area contributed by atoms with Crippen LogP contribution in [0.25, 0.3) is 0 Å². The molecule has 1 N–H and O–H groups in total. The summed E-state index contributed by atoms with van der Waals surface area (Å²) in [6.07, 6.45) is 5.96. The van der Waals surface area contributed by atoms with E-state index in [1.165, 1.54) is 0 Å². The van der Waals surface area contributed by atoms with Crippen molar-refractivity contribution in [2.75, 3.05) is 6.54 Å². The van der Waals surface area contributed by atoms with Crippen molar-refractivity contribution in [3.63, 3.8) is 0 Å². The van der Waals surface area contributed by atoms with Crippen molar-refractivity contribution < 1.29 is 9.82 Å². The third-order valence-electron chi connectivity index (χ3n) is 3.24. The van der Waals surface area contributed by atoms with Crippen molar-refractivity contribution in [2.45, 2.75) is 19.3 Å². The van der Waals surface area contributed by atoms with Gasteiger partial charge in [0.15, 0.2) is 0 Å². The number of benzene rings is 1. The van der Waals surface area contributed by atoms with Crippen LogP contribution in [0, 0.1) is 12.3 Å². The summed E-state index contributed by atoms with van der Waals surface area (Å²) >= 11 is 5.95. The molecule has 0 aliphatic carbocycles. The Labute approximate surface area is 112 Å². The first-order valence-corrected chi connectivity index (χ1v) is 6.15. The molecular weight excluding hydrogens is 248 g/mol. The monoisotopic (exact) mass is 261 g/mol. The minimum Gasteiger partial charge on any atom is -0.437 e. The lowest BCUT2D eigenvalue weighted by Crippen LogP contribution is -2.47. The van der Waals surface area contributed by atoms with Gasteiger partial charge in [-0.1, -0.05) is 17.7 Å². The molecule has 18 heavy (non-hydrogen) atoms. The molecule has 1 unspecified atom stereocenters. The lowest BCUT2D eigenvalue weighted by atomic mass is 9.77. The highest BCUT2D eigenvalue weighted by Crippen LogP contribution is 2.32. The van der Waals surface area contributed by atoms with Gasteiger partial charge >= 0.3 is 7.05 Å². The zero-order chi connectivity index (χ0) is 13.3. The average Bonchev–Trinajstić information content (AvgIpc) is 2.35. The van der Waals surface area contributed by atoms with E-state index in [0.29, 0.717) is 11.6 Å². The van der Waals surface area contributed by atoms with E-state index in [2.05, 4.69) is 5.92 Å². The van der Waals surface area contributed by atoms with Crippen molar-refractivity contribution in [1.82, 2.24) is 4.81 Å². The number of halogens is 1. The molecule has 0 bridgehead atoms. The molecule has 92 valence electrons. The Hall–Kier alpha value is -1.28. The number of fused-ring (bicyclic) bond motifs is 1. The van der Waals surface area contributed by atoms with Gasteiger partial charge in [0.05, 0.1) is 6.04 Å². The van der Waals surface area contributed by atoms with Gasteiger partial charge in [0.2, 0.25) is 5.78 Å². The highest BCUT2D eigenvalue weighted by atomic mass is 35.5. The summed E-state index contributed by atoms with van der Waals surface area (Å²) in [5.74, 6) is 1.82. The first kappa shape index (κ1) is 13.2. The smallest absolute Gasteiger partial charge is 0.377 e. The SMILES string of the molecule is C#CC(=O)C1c2ccc(Cl)cc2CCN1B(C)O. The predicted molar refractivity (Wildman–Crippen MR) is 72.3 cm³/mol. The topological polar surface area (TPSA) is 40.5 Å². The van der Waals surface area contributed by atoms with Crippen LogP contribution < -0.4 is 0 Å². The van der Waals surface area contributed by atoms with E-state index in [1.807, 2.05) is 12.1 Å². The van der Waals surface area contributed by atoms with Gasteiger partial charge in [-0.15, -0.1) is 6.42 Å². The van der Waals surface area contributed by atoms with Crippen molar-refractivity contribution in [3.8, 4) is 12.3 Å². The Morgan fingerprint density at radius 2 is 2.39 bits per heavy atom. The van der Waals surface area contributed by atoms with Gasteiger partial charge in [-0.25, -0.2) is 0 Å². The Morgan fingerprint density at radius 1 is 1.67 bits per heavy atom. The molecule has 0 amide bonds. The maximum Gasteiger partial charge on any atom is 0.377 e. The summed E-state index contributed by atoms with van der Waals surface area (Å²) in [5.41, 5.74) is 1.86. The van der Waals surface area contributed by atoms with E-state index in [4.69, 9.17) is 18.0 Å². The van der Waals surface area contributed by atoms with E-state index in [9.17, 15) is 9.82 Å². The van der Waals surface area contributed by atoms with Gasteiger partial charge < -0.3 is 9.83 Å². The molecular formula is C13H13BClNO2. The van der Waals surface area contributed by atoms with Crippen LogP contribution in [0.1, 0.15) is 17.2 Å². The van der Waals surface area contributed by atoms with Gasteiger partial charge in [-0.3, -0.25) is 4.79 Å². The van der Waals surface area contributed by atoms with Crippen LogP contribution in [0.15, 0.2) is 18.2 Å². The number of carbonyl (C=O) groups is 1. The summed E-state index contributed by atoms with van der Waals surface area (Å²) in [4.78, 5) is 13.6. The fraction of sp³-hybridized carbons (Fsp3) is 0.308. The van der Waals surface area contributed by atoms with E-state index >= 15 is 0 Å². The molecule has 3 nitrogen and oxygen atoms in total. The number of terminal acetylenes is 1. The first-order valence-electron chi connectivity index (χ1n) is 5.77. The maximum atomic E-state index is 11.9. The summed E-state index contributed by atoms with van der Waals surface area (Å²) < 4.78 is 0. The molecule has 1 aromatic carbocycles. The summed E-state index contributed by atoms with van der Waals surface area (Å²) in [6, 6.07) is 4.83. The van der Waals surface area contributed by atoms with Crippen molar-refractivity contribution in [2.24, 2.45) is 0 Å². The number of carbonyl (C=O) groups excluding carboxylic acids is 1. The Balaban J connectivity index is 2.49. The van der Waals surface area contributed by atoms with Crippen molar-refractivity contribution in [1.29, 1.82) is 0 Å². The van der Waals surface area contributed by atoms with E-state index in [0.717, 1.165) is 17.5 Å². The van der Waals surface area contributed by atoms with Gasteiger partial charge in [0.25, 0.3) is 0 Å². The highest BCUT2D eigenvalue weighted by Gasteiger charge is 2.35. The molecule has 1 aliphatic heterocycles. The Bertz CT molecular complexity index is 524. The molecule has 0 saturated carbocycles. The number of Topliss-reactive ketones (excluding diaryl/α,β-unsaturated/α-hetero) is 1. The summed E-state index contributed by atoms with van der Waals surface area (Å²) in [6.45, 7) is 2.22. The first-order chi connectivity index (χ1) is 8.54. The van der Waals surface area contributed by atoms with Crippen LogP contribution in [-0.4, -0.2) is 29.2 Å². The van der Waals surface area contributed by atoms with Gasteiger partial charge in [-0.05, 0) is 49.0 Å². The van der Waals surface area contributed by atoms with E-state index in [1.54, 1.807) is 17.7 Å².